The quantitative estimate of drug-likeness (QED) is 0.524. The minimum Gasteiger partial charge on any atom is -0.467 e. The molecule has 5 rings (SSSR count). The van der Waals surface area contributed by atoms with Crippen molar-refractivity contribution in [2.75, 3.05) is 31.2 Å². The maximum absolute atomic E-state index is 13.7. The molecule has 1 saturated heterocycles. The zero-order valence-electron chi connectivity index (χ0n) is 19.7. The van der Waals surface area contributed by atoms with Crippen molar-refractivity contribution in [3.8, 4) is 0 Å². The summed E-state index contributed by atoms with van der Waals surface area (Å²) in [7, 11) is 0. The monoisotopic (exact) mass is 477 g/mol. The molecule has 0 unspecified atom stereocenters. The number of benzene rings is 1. The number of nitrogens with one attached hydrogen (secondary N) is 1. The van der Waals surface area contributed by atoms with Crippen LogP contribution in [-0.4, -0.2) is 49.1 Å². The molecule has 8 nitrogen and oxygen atoms in total. The van der Waals surface area contributed by atoms with Gasteiger partial charge in [0.25, 0.3) is 5.91 Å². The zero-order valence-corrected chi connectivity index (χ0v) is 19.7. The molecule has 3 heterocycles. The van der Waals surface area contributed by atoms with Crippen molar-refractivity contribution in [2.45, 2.75) is 44.3 Å². The predicted octanol–water partition coefficient (Wildman–Crippen LogP) is 4.15. The van der Waals surface area contributed by atoms with Gasteiger partial charge < -0.3 is 28.7 Å². The van der Waals surface area contributed by atoms with E-state index in [9.17, 15) is 9.59 Å². The van der Waals surface area contributed by atoms with E-state index < -0.39 is 6.04 Å². The number of carbonyl (C=O) groups excluding carboxylic acids is 2. The molecule has 1 N–H and O–H groups in total. The third kappa shape index (κ3) is 5.43. The SMILES string of the molecule is O=C(NC1CCCC1)[C@@H](c1ccc(N2CCOCC2)cc1)N(Cc1ccco1)C(=O)c1ccco1. The molecule has 8 heteroatoms. The molecule has 1 atom stereocenters. The van der Waals surface area contributed by atoms with Gasteiger partial charge in [-0.15, -0.1) is 0 Å². The zero-order chi connectivity index (χ0) is 24.0. The normalized spacial score (nSPS) is 17.3. The molecule has 1 aromatic carbocycles. The van der Waals surface area contributed by atoms with Crippen LogP contribution in [0, 0.1) is 0 Å². The van der Waals surface area contributed by atoms with Crippen molar-refractivity contribution in [3.63, 3.8) is 0 Å². The molecule has 2 amide bonds. The number of hydrogen-bond acceptors (Lipinski definition) is 6. The highest BCUT2D eigenvalue weighted by molar-refractivity contribution is 5.96. The standard InChI is InChI=1S/C27H31N3O5/c31-26(28-21-5-1-2-6-21)25(20-9-11-22(12-10-20)29-13-17-33-18-14-29)30(19-23-7-3-15-34-23)27(32)24-8-4-16-35-24/h3-4,7-12,15-16,21,25H,1-2,5-6,13-14,17-19H2,(H,28,31)/t25-/m1/s1. The molecule has 184 valence electrons. The number of ether oxygens (including phenoxy) is 1. The smallest absolute Gasteiger partial charge is 0.290 e. The lowest BCUT2D eigenvalue weighted by molar-refractivity contribution is -0.126. The molecule has 2 aromatic heterocycles. The second kappa shape index (κ2) is 10.8. The van der Waals surface area contributed by atoms with Crippen LogP contribution < -0.4 is 10.2 Å². The maximum atomic E-state index is 13.7. The van der Waals surface area contributed by atoms with E-state index in [1.807, 2.05) is 24.3 Å². The summed E-state index contributed by atoms with van der Waals surface area (Å²) in [5.74, 6) is 0.214. The Morgan fingerprint density at radius 2 is 1.69 bits per heavy atom. The average Bonchev–Trinajstić information content (AvgIpc) is 3.69. The average molecular weight is 478 g/mol. The molecule has 0 bridgehead atoms. The van der Waals surface area contributed by atoms with E-state index in [-0.39, 0.29) is 30.2 Å². The van der Waals surface area contributed by atoms with Gasteiger partial charge in [-0.3, -0.25) is 9.59 Å². The summed E-state index contributed by atoms with van der Waals surface area (Å²) < 4.78 is 16.4. The van der Waals surface area contributed by atoms with E-state index >= 15 is 0 Å². The molecule has 3 aromatic rings. The van der Waals surface area contributed by atoms with Crippen molar-refractivity contribution >= 4 is 17.5 Å². The van der Waals surface area contributed by atoms with Gasteiger partial charge in [-0.05, 0) is 54.8 Å². The first-order chi connectivity index (χ1) is 17.2. The van der Waals surface area contributed by atoms with Crippen molar-refractivity contribution in [3.05, 3.63) is 78.1 Å². The molecule has 2 fully saturated rings. The minimum atomic E-state index is -0.836. The number of furan rings is 2. The van der Waals surface area contributed by atoms with Crippen LogP contribution in [0.1, 0.15) is 53.6 Å². The van der Waals surface area contributed by atoms with E-state index in [4.69, 9.17) is 13.6 Å². The predicted molar refractivity (Wildman–Crippen MR) is 130 cm³/mol. The van der Waals surface area contributed by atoms with E-state index in [1.54, 1.807) is 30.5 Å². The third-order valence-corrected chi connectivity index (χ3v) is 6.75. The summed E-state index contributed by atoms with van der Waals surface area (Å²) in [6.07, 6.45) is 7.15. The first-order valence-corrected chi connectivity index (χ1v) is 12.3. The first kappa shape index (κ1) is 23.2. The molecule has 0 radical (unpaired) electrons. The molecular weight excluding hydrogens is 446 g/mol. The van der Waals surface area contributed by atoms with Gasteiger partial charge in [0, 0.05) is 24.8 Å². The highest BCUT2D eigenvalue weighted by Gasteiger charge is 2.35. The van der Waals surface area contributed by atoms with Crippen molar-refractivity contribution in [2.24, 2.45) is 0 Å². The number of amides is 2. The summed E-state index contributed by atoms with van der Waals surface area (Å²) in [5, 5.41) is 3.19. The number of morpholine rings is 1. The molecular formula is C27H31N3O5. The Morgan fingerprint density at radius 1 is 0.971 bits per heavy atom. The third-order valence-electron chi connectivity index (χ3n) is 6.75. The van der Waals surface area contributed by atoms with Crippen LogP contribution in [0.15, 0.2) is 69.9 Å². The minimum absolute atomic E-state index is 0.127. The fourth-order valence-electron chi connectivity index (χ4n) is 4.90. The van der Waals surface area contributed by atoms with E-state index in [0.29, 0.717) is 19.0 Å². The summed E-state index contributed by atoms with van der Waals surface area (Å²) in [6, 6.07) is 14.1. The molecule has 1 aliphatic heterocycles. The lowest BCUT2D eigenvalue weighted by atomic mass is 10.0. The number of hydrogen-bond donors (Lipinski definition) is 1. The van der Waals surface area contributed by atoms with Crippen LogP contribution in [-0.2, 0) is 16.1 Å². The molecule has 1 saturated carbocycles. The van der Waals surface area contributed by atoms with Crippen LogP contribution >= 0.6 is 0 Å². The summed E-state index contributed by atoms with van der Waals surface area (Å²) in [4.78, 5) is 31.1. The molecule has 35 heavy (non-hydrogen) atoms. The Morgan fingerprint density at radius 3 is 2.34 bits per heavy atom. The van der Waals surface area contributed by atoms with Crippen molar-refractivity contribution in [1.82, 2.24) is 10.2 Å². The summed E-state index contributed by atoms with van der Waals surface area (Å²) in [5.41, 5.74) is 1.81. The van der Waals surface area contributed by atoms with Crippen LogP contribution in [0.25, 0.3) is 0 Å². The van der Waals surface area contributed by atoms with Crippen molar-refractivity contribution < 1.29 is 23.2 Å². The van der Waals surface area contributed by atoms with Gasteiger partial charge in [-0.2, -0.15) is 0 Å². The molecule has 0 spiro atoms. The number of nitrogens with zero attached hydrogens (tertiary/aromatic N) is 2. The van der Waals surface area contributed by atoms with Gasteiger partial charge in [0.05, 0.1) is 32.3 Å². The highest BCUT2D eigenvalue weighted by Crippen LogP contribution is 2.29. The fourth-order valence-corrected chi connectivity index (χ4v) is 4.90. The van der Waals surface area contributed by atoms with Gasteiger partial charge in [0.15, 0.2) is 5.76 Å². The summed E-state index contributed by atoms with van der Waals surface area (Å²) in [6.45, 7) is 3.19. The Labute approximate surface area is 204 Å². The Balaban J connectivity index is 1.48. The second-order valence-corrected chi connectivity index (χ2v) is 9.07. The number of carbonyl (C=O) groups is 2. The summed E-state index contributed by atoms with van der Waals surface area (Å²) >= 11 is 0. The Kier molecular flexibility index (Phi) is 7.18. The van der Waals surface area contributed by atoms with Crippen LogP contribution in [0.2, 0.25) is 0 Å². The fraction of sp³-hybridized carbons (Fsp3) is 0.407. The number of anilines is 1. The van der Waals surface area contributed by atoms with Gasteiger partial charge >= 0.3 is 0 Å². The second-order valence-electron chi connectivity index (χ2n) is 9.07. The Hall–Kier alpha value is -3.52. The number of rotatable bonds is 8. The van der Waals surface area contributed by atoms with Crippen LogP contribution in [0.3, 0.4) is 0 Å². The van der Waals surface area contributed by atoms with Crippen molar-refractivity contribution in [1.29, 1.82) is 0 Å². The van der Waals surface area contributed by atoms with E-state index in [1.165, 1.54) is 11.2 Å². The first-order valence-electron chi connectivity index (χ1n) is 12.3. The van der Waals surface area contributed by atoms with Crippen LogP contribution in [0.4, 0.5) is 5.69 Å². The molecule has 2 aliphatic rings. The lowest BCUT2D eigenvalue weighted by Crippen LogP contribution is -2.45. The van der Waals surface area contributed by atoms with Gasteiger partial charge in [0.1, 0.15) is 11.8 Å². The largest absolute Gasteiger partial charge is 0.467 e. The van der Waals surface area contributed by atoms with Crippen LogP contribution in [0.5, 0.6) is 0 Å². The van der Waals surface area contributed by atoms with E-state index in [0.717, 1.165) is 50.0 Å². The topological polar surface area (TPSA) is 88.2 Å². The van der Waals surface area contributed by atoms with E-state index in [2.05, 4.69) is 10.2 Å². The highest BCUT2D eigenvalue weighted by atomic mass is 16.5. The Bertz CT molecular complexity index is 1080. The lowest BCUT2D eigenvalue weighted by Gasteiger charge is -2.32. The van der Waals surface area contributed by atoms with Gasteiger partial charge in [0.2, 0.25) is 5.91 Å². The van der Waals surface area contributed by atoms with Gasteiger partial charge in [-0.1, -0.05) is 25.0 Å². The van der Waals surface area contributed by atoms with Gasteiger partial charge in [-0.25, -0.2) is 0 Å². The maximum Gasteiger partial charge on any atom is 0.290 e. The molecule has 1 aliphatic carbocycles.